The molecule has 1 aliphatic heterocycles. The number of rotatable bonds is 6. The highest BCUT2D eigenvalue weighted by atomic mass is 127. The van der Waals surface area contributed by atoms with E-state index in [-0.39, 0.29) is 55.9 Å². The van der Waals surface area contributed by atoms with Crippen molar-refractivity contribution >= 4 is 40.0 Å². The molecular weight excluding hydrogens is 524 g/mol. The standard InChI is InChI=1S/C16H27F3N6O2S.HI/c1-12(2)11-24-9-6-21-14(24)10-22-15(20-3)23-13-4-7-25(8-5-13)28(26,27)16(17,18)19;/h6,9,12-13H,4-5,7-8,10-11H2,1-3H3,(H2,20,22,23);1H. The van der Waals surface area contributed by atoms with Gasteiger partial charge in [0.15, 0.2) is 5.96 Å². The van der Waals surface area contributed by atoms with Gasteiger partial charge in [-0.05, 0) is 18.8 Å². The van der Waals surface area contributed by atoms with Crippen molar-refractivity contribution in [3.63, 3.8) is 0 Å². The first-order valence-corrected chi connectivity index (χ1v) is 10.5. The van der Waals surface area contributed by atoms with Gasteiger partial charge in [0.25, 0.3) is 0 Å². The summed E-state index contributed by atoms with van der Waals surface area (Å²) in [6.07, 6.45) is 4.16. The molecule has 8 nitrogen and oxygen atoms in total. The average molecular weight is 552 g/mol. The van der Waals surface area contributed by atoms with Crippen LogP contribution in [-0.4, -0.2) is 59.9 Å². The highest BCUT2D eigenvalue weighted by Gasteiger charge is 2.50. The zero-order valence-electron chi connectivity index (χ0n) is 16.6. The number of aliphatic imine (C=N–C) groups is 1. The Morgan fingerprint density at radius 2 is 1.97 bits per heavy atom. The molecule has 1 aromatic rings. The predicted molar refractivity (Wildman–Crippen MR) is 115 cm³/mol. The smallest absolute Gasteiger partial charge is 0.354 e. The maximum atomic E-state index is 12.6. The maximum Gasteiger partial charge on any atom is 0.511 e. The lowest BCUT2D eigenvalue weighted by Crippen LogP contribution is -2.51. The molecule has 0 aromatic carbocycles. The first-order chi connectivity index (χ1) is 13.0. The van der Waals surface area contributed by atoms with E-state index in [0.29, 0.717) is 22.7 Å². The number of nitrogens with one attached hydrogen (secondary N) is 2. The van der Waals surface area contributed by atoms with Crippen LogP contribution in [0.4, 0.5) is 13.2 Å². The summed E-state index contributed by atoms with van der Waals surface area (Å²) in [5.41, 5.74) is -5.26. The first kappa shape index (κ1) is 25.9. The quantitative estimate of drug-likeness (QED) is 0.321. The van der Waals surface area contributed by atoms with Crippen LogP contribution in [0.3, 0.4) is 0 Å². The van der Waals surface area contributed by atoms with E-state index in [1.165, 1.54) is 0 Å². The molecule has 0 unspecified atom stereocenters. The Hall–Kier alpha value is -1.09. The molecule has 2 heterocycles. The Bertz CT molecular complexity index is 774. The number of hydrogen-bond acceptors (Lipinski definition) is 4. The van der Waals surface area contributed by atoms with E-state index in [1.807, 2.05) is 10.8 Å². The van der Waals surface area contributed by atoms with Gasteiger partial charge < -0.3 is 15.2 Å². The molecular formula is C16H28F3IN6O2S. The molecule has 0 bridgehead atoms. The van der Waals surface area contributed by atoms with E-state index in [9.17, 15) is 21.6 Å². The third kappa shape index (κ3) is 6.98. The highest BCUT2D eigenvalue weighted by molar-refractivity contribution is 14.0. The molecule has 0 spiro atoms. The van der Waals surface area contributed by atoms with Gasteiger partial charge in [-0.15, -0.1) is 24.0 Å². The third-order valence-corrected chi connectivity index (χ3v) is 6.06. The number of aromatic nitrogens is 2. The van der Waals surface area contributed by atoms with Gasteiger partial charge in [-0.1, -0.05) is 13.8 Å². The van der Waals surface area contributed by atoms with Crippen molar-refractivity contribution in [2.75, 3.05) is 20.1 Å². The molecule has 2 rings (SSSR count). The summed E-state index contributed by atoms with van der Waals surface area (Å²) in [5, 5.41) is 6.28. The number of imidazole rings is 1. The number of hydrogen-bond donors (Lipinski definition) is 2. The van der Waals surface area contributed by atoms with Crippen LogP contribution in [0.5, 0.6) is 0 Å². The van der Waals surface area contributed by atoms with E-state index < -0.39 is 15.5 Å². The molecule has 0 radical (unpaired) electrons. The summed E-state index contributed by atoms with van der Waals surface area (Å²) >= 11 is 0. The molecule has 1 fully saturated rings. The number of nitrogens with zero attached hydrogens (tertiary/aromatic N) is 4. The van der Waals surface area contributed by atoms with Crippen LogP contribution in [0.15, 0.2) is 17.4 Å². The minimum atomic E-state index is -5.26. The number of guanidine groups is 1. The Labute approximate surface area is 186 Å². The second kappa shape index (κ2) is 10.8. The van der Waals surface area contributed by atoms with E-state index in [1.54, 1.807) is 13.2 Å². The molecule has 1 saturated heterocycles. The monoisotopic (exact) mass is 552 g/mol. The van der Waals surface area contributed by atoms with Gasteiger partial charge in [-0.25, -0.2) is 13.4 Å². The van der Waals surface area contributed by atoms with Crippen molar-refractivity contribution in [2.24, 2.45) is 10.9 Å². The third-order valence-electron chi connectivity index (χ3n) is 4.43. The van der Waals surface area contributed by atoms with Crippen LogP contribution >= 0.6 is 24.0 Å². The highest BCUT2D eigenvalue weighted by Crippen LogP contribution is 2.28. The lowest BCUT2D eigenvalue weighted by atomic mass is 10.1. The summed E-state index contributed by atoms with van der Waals surface area (Å²) in [6, 6.07) is -0.165. The minimum Gasteiger partial charge on any atom is -0.354 e. The van der Waals surface area contributed by atoms with Crippen molar-refractivity contribution in [3.8, 4) is 0 Å². The van der Waals surface area contributed by atoms with Gasteiger partial charge >= 0.3 is 15.5 Å². The second-order valence-corrected chi connectivity index (χ2v) is 9.01. The molecule has 0 amide bonds. The molecule has 0 saturated carbocycles. The molecule has 0 aliphatic carbocycles. The Balaban J connectivity index is 0.00000420. The molecule has 168 valence electrons. The fraction of sp³-hybridized carbons (Fsp3) is 0.750. The van der Waals surface area contributed by atoms with Gasteiger partial charge in [-0.2, -0.15) is 17.5 Å². The van der Waals surface area contributed by atoms with Crippen molar-refractivity contribution in [2.45, 2.75) is 51.3 Å². The lowest BCUT2D eigenvalue weighted by molar-refractivity contribution is -0.0494. The predicted octanol–water partition coefficient (Wildman–Crippen LogP) is 2.14. The van der Waals surface area contributed by atoms with Gasteiger partial charge in [0, 0.05) is 45.1 Å². The van der Waals surface area contributed by atoms with Crippen molar-refractivity contribution < 1.29 is 21.6 Å². The van der Waals surface area contributed by atoms with Crippen molar-refractivity contribution in [1.82, 2.24) is 24.5 Å². The SMILES string of the molecule is CN=C(NCc1nccn1CC(C)C)NC1CCN(S(=O)(=O)C(F)(F)F)CC1.I. The van der Waals surface area contributed by atoms with Gasteiger partial charge in [0.2, 0.25) is 0 Å². The Morgan fingerprint density at radius 3 is 2.48 bits per heavy atom. The van der Waals surface area contributed by atoms with Crippen molar-refractivity contribution in [1.29, 1.82) is 0 Å². The summed E-state index contributed by atoms with van der Waals surface area (Å²) in [7, 11) is -3.67. The van der Waals surface area contributed by atoms with E-state index >= 15 is 0 Å². The Kier molecular flexibility index (Phi) is 9.66. The van der Waals surface area contributed by atoms with Crippen LogP contribution in [0, 0.1) is 5.92 Å². The van der Waals surface area contributed by atoms with Crippen LogP contribution < -0.4 is 10.6 Å². The summed E-state index contributed by atoms with van der Waals surface area (Å²) in [5.74, 6) is 1.82. The van der Waals surface area contributed by atoms with E-state index in [2.05, 4.69) is 34.5 Å². The fourth-order valence-corrected chi connectivity index (χ4v) is 3.99. The fourth-order valence-electron chi connectivity index (χ4n) is 3.00. The minimum absolute atomic E-state index is 0. The van der Waals surface area contributed by atoms with E-state index in [0.717, 1.165) is 12.4 Å². The largest absolute Gasteiger partial charge is 0.511 e. The van der Waals surface area contributed by atoms with Crippen molar-refractivity contribution in [3.05, 3.63) is 18.2 Å². The number of halogens is 4. The molecule has 29 heavy (non-hydrogen) atoms. The molecule has 13 heteroatoms. The topological polar surface area (TPSA) is 91.6 Å². The molecule has 0 atom stereocenters. The lowest BCUT2D eigenvalue weighted by Gasteiger charge is -2.32. The van der Waals surface area contributed by atoms with Crippen LogP contribution in [0.25, 0.3) is 0 Å². The molecule has 2 N–H and O–H groups in total. The second-order valence-electron chi connectivity index (χ2n) is 7.08. The Morgan fingerprint density at radius 1 is 1.34 bits per heavy atom. The maximum absolute atomic E-state index is 12.6. The van der Waals surface area contributed by atoms with Gasteiger partial charge in [0.05, 0.1) is 6.54 Å². The summed E-state index contributed by atoms with van der Waals surface area (Å²) in [4.78, 5) is 8.44. The van der Waals surface area contributed by atoms with E-state index in [4.69, 9.17) is 0 Å². The van der Waals surface area contributed by atoms with Crippen LogP contribution in [-0.2, 0) is 23.1 Å². The van der Waals surface area contributed by atoms with Gasteiger partial charge in [-0.3, -0.25) is 4.99 Å². The zero-order chi connectivity index (χ0) is 20.9. The summed E-state index contributed by atoms with van der Waals surface area (Å²) in [6.45, 7) is 5.15. The number of piperidine rings is 1. The van der Waals surface area contributed by atoms with Gasteiger partial charge in [0.1, 0.15) is 5.82 Å². The zero-order valence-corrected chi connectivity index (χ0v) is 19.8. The van der Waals surface area contributed by atoms with Crippen LogP contribution in [0.1, 0.15) is 32.5 Å². The number of sulfonamides is 1. The van der Waals surface area contributed by atoms with Crippen LogP contribution in [0.2, 0.25) is 0 Å². The molecule has 1 aromatic heterocycles. The first-order valence-electron chi connectivity index (χ1n) is 9.08. The summed E-state index contributed by atoms with van der Waals surface area (Å²) < 4.78 is 63.4. The number of alkyl halides is 3. The average Bonchev–Trinajstić information content (AvgIpc) is 3.04. The normalized spacial score (nSPS) is 17.3. The molecule has 1 aliphatic rings.